The number of ether oxygens (including phenoxy) is 1. The summed E-state index contributed by atoms with van der Waals surface area (Å²) in [5.74, 6) is 1.28. The van der Waals surface area contributed by atoms with Crippen LogP contribution in [0.2, 0.25) is 0 Å². The fraction of sp³-hybridized carbons (Fsp3) is 0.882. The van der Waals surface area contributed by atoms with Gasteiger partial charge in [0, 0.05) is 12.5 Å². The van der Waals surface area contributed by atoms with E-state index in [-0.39, 0.29) is 11.5 Å². The SMILES string of the molecule is CCO[C@]1(C)CCC(C(C)C)=C[C@H]2[C@@H]1CC[C@]2(C)O. The average molecular weight is 266 g/mol. The molecule has 0 spiro atoms. The molecule has 0 unspecified atom stereocenters. The lowest BCUT2D eigenvalue weighted by Gasteiger charge is -2.38. The fourth-order valence-electron chi connectivity index (χ4n) is 4.09. The van der Waals surface area contributed by atoms with Crippen LogP contribution in [-0.4, -0.2) is 22.9 Å². The summed E-state index contributed by atoms with van der Waals surface area (Å²) in [6, 6.07) is 0. The van der Waals surface area contributed by atoms with Crippen molar-refractivity contribution in [1.29, 1.82) is 0 Å². The molecule has 1 fully saturated rings. The Morgan fingerprint density at radius 1 is 1.37 bits per heavy atom. The van der Waals surface area contributed by atoms with Gasteiger partial charge in [-0.3, -0.25) is 0 Å². The lowest BCUT2D eigenvalue weighted by molar-refractivity contribution is -0.0905. The number of hydrogen-bond acceptors (Lipinski definition) is 2. The van der Waals surface area contributed by atoms with E-state index in [0.717, 1.165) is 32.3 Å². The van der Waals surface area contributed by atoms with Crippen LogP contribution < -0.4 is 0 Å². The fourth-order valence-corrected chi connectivity index (χ4v) is 4.09. The molecule has 0 saturated heterocycles. The molecule has 4 atom stereocenters. The Morgan fingerprint density at radius 3 is 2.63 bits per heavy atom. The summed E-state index contributed by atoms with van der Waals surface area (Å²) >= 11 is 0. The molecule has 1 N–H and O–H groups in total. The lowest BCUT2D eigenvalue weighted by Crippen LogP contribution is -2.42. The van der Waals surface area contributed by atoms with Gasteiger partial charge in [0.2, 0.25) is 0 Å². The standard InChI is InChI=1S/C17H30O2/c1-6-19-17(5)10-7-13(12(2)3)11-15-14(17)8-9-16(15,4)18/h11-12,14-15,18H,6-10H2,1-5H3/t14-,15-,16-,17+/m0/s1. The van der Waals surface area contributed by atoms with E-state index < -0.39 is 5.60 Å². The van der Waals surface area contributed by atoms with Crippen LogP contribution >= 0.6 is 0 Å². The van der Waals surface area contributed by atoms with Crippen molar-refractivity contribution < 1.29 is 9.84 Å². The van der Waals surface area contributed by atoms with Crippen molar-refractivity contribution >= 4 is 0 Å². The Hall–Kier alpha value is -0.340. The van der Waals surface area contributed by atoms with Crippen molar-refractivity contribution in [1.82, 2.24) is 0 Å². The predicted octanol–water partition coefficient (Wildman–Crippen LogP) is 3.94. The highest BCUT2D eigenvalue weighted by molar-refractivity contribution is 5.19. The normalized spacial score (nSPS) is 43.0. The van der Waals surface area contributed by atoms with Crippen LogP contribution in [0.4, 0.5) is 0 Å². The van der Waals surface area contributed by atoms with Crippen LogP contribution in [0.25, 0.3) is 0 Å². The van der Waals surface area contributed by atoms with Crippen LogP contribution in [0.5, 0.6) is 0 Å². The van der Waals surface area contributed by atoms with Gasteiger partial charge in [-0.25, -0.2) is 0 Å². The molecule has 0 bridgehead atoms. The van der Waals surface area contributed by atoms with Crippen molar-refractivity contribution in [3.05, 3.63) is 11.6 Å². The Bertz CT molecular complexity index is 356. The first kappa shape index (κ1) is 15.1. The van der Waals surface area contributed by atoms with Gasteiger partial charge < -0.3 is 9.84 Å². The number of hydrogen-bond donors (Lipinski definition) is 1. The quantitative estimate of drug-likeness (QED) is 0.784. The van der Waals surface area contributed by atoms with Crippen molar-refractivity contribution in [2.45, 2.75) is 71.5 Å². The second kappa shape index (κ2) is 5.21. The third kappa shape index (κ3) is 2.75. The summed E-state index contributed by atoms with van der Waals surface area (Å²) in [6.45, 7) is 11.6. The van der Waals surface area contributed by atoms with E-state index in [4.69, 9.17) is 4.74 Å². The molecule has 0 aromatic carbocycles. The van der Waals surface area contributed by atoms with Crippen LogP contribution in [-0.2, 0) is 4.74 Å². The highest BCUT2D eigenvalue weighted by Crippen LogP contribution is 2.51. The van der Waals surface area contributed by atoms with E-state index in [1.807, 2.05) is 6.92 Å². The zero-order valence-corrected chi connectivity index (χ0v) is 13.2. The van der Waals surface area contributed by atoms with Crippen molar-refractivity contribution in [3.63, 3.8) is 0 Å². The first-order valence-electron chi connectivity index (χ1n) is 7.87. The first-order valence-corrected chi connectivity index (χ1v) is 7.87. The zero-order chi connectivity index (χ0) is 14.3. The first-order chi connectivity index (χ1) is 8.80. The summed E-state index contributed by atoms with van der Waals surface area (Å²) in [4.78, 5) is 0. The van der Waals surface area contributed by atoms with Gasteiger partial charge in [-0.1, -0.05) is 25.5 Å². The van der Waals surface area contributed by atoms with Gasteiger partial charge in [-0.15, -0.1) is 0 Å². The maximum atomic E-state index is 10.7. The lowest BCUT2D eigenvalue weighted by atomic mass is 9.77. The topological polar surface area (TPSA) is 29.5 Å². The minimum Gasteiger partial charge on any atom is -0.390 e. The Kier molecular flexibility index (Phi) is 4.13. The summed E-state index contributed by atoms with van der Waals surface area (Å²) in [5, 5.41) is 10.7. The van der Waals surface area contributed by atoms with Gasteiger partial charge in [0.05, 0.1) is 11.2 Å². The van der Waals surface area contributed by atoms with E-state index >= 15 is 0 Å². The van der Waals surface area contributed by atoms with Gasteiger partial charge in [-0.2, -0.15) is 0 Å². The molecule has 0 amide bonds. The highest BCUT2D eigenvalue weighted by atomic mass is 16.5. The highest BCUT2D eigenvalue weighted by Gasteiger charge is 2.51. The number of allylic oxidation sites excluding steroid dienone is 1. The van der Waals surface area contributed by atoms with E-state index in [1.165, 1.54) is 5.57 Å². The molecule has 1 saturated carbocycles. The molecule has 2 nitrogen and oxygen atoms in total. The van der Waals surface area contributed by atoms with Gasteiger partial charge >= 0.3 is 0 Å². The zero-order valence-electron chi connectivity index (χ0n) is 13.2. The smallest absolute Gasteiger partial charge is 0.0692 e. The number of aliphatic hydroxyl groups is 1. The van der Waals surface area contributed by atoms with E-state index in [0.29, 0.717) is 11.8 Å². The predicted molar refractivity (Wildman–Crippen MR) is 79.0 cm³/mol. The maximum absolute atomic E-state index is 10.7. The maximum Gasteiger partial charge on any atom is 0.0692 e. The number of rotatable bonds is 3. The monoisotopic (exact) mass is 266 g/mol. The minimum absolute atomic E-state index is 0.0763. The van der Waals surface area contributed by atoms with Crippen LogP contribution in [0.3, 0.4) is 0 Å². The van der Waals surface area contributed by atoms with E-state index in [1.54, 1.807) is 0 Å². The molecule has 2 aliphatic rings. The van der Waals surface area contributed by atoms with Gasteiger partial charge in [0.25, 0.3) is 0 Å². The second-order valence-corrected chi connectivity index (χ2v) is 7.17. The third-order valence-electron chi connectivity index (χ3n) is 5.42. The van der Waals surface area contributed by atoms with Crippen molar-refractivity contribution in [2.75, 3.05) is 6.61 Å². The average Bonchev–Trinajstić information content (AvgIpc) is 2.51. The number of fused-ring (bicyclic) bond motifs is 1. The van der Waals surface area contributed by atoms with Crippen LogP contribution in [0.15, 0.2) is 11.6 Å². The third-order valence-corrected chi connectivity index (χ3v) is 5.42. The molecular weight excluding hydrogens is 236 g/mol. The molecule has 0 radical (unpaired) electrons. The van der Waals surface area contributed by atoms with E-state index in [2.05, 4.69) is 33.8 Å². The van der Waals surface area contributed by atoms with Gasteiger partial charge in [-0.05, 0) is 58.3 Å². The van der Waals surface area contributed by atoms with Crippen LogP contribution in [0.1, 0.15) is 60.3 Å². The van der Waals surface area contributed by atoms with E-state index in [9.17, 15) is 5.11 Å². The van der Waals surface area contributed by atoms with Crippen molar-refractivity contribution in [3.8, 4) is 0 Å². The van der Waals surface area contributed by atoms with Crippen molar-refractivity contribution in [2.24, 2.45) is 17.8 Å². The molecule has 110 valence electrons. The Morgan fingerprint density at radius 2 is 2.05 bits per heavy atom. The summed E-state index contributed by atoms with van der Waals surface area (Å²) < 4.78 is 6.14. The molecule has 2 aliphatic carbocycles. The summed E-state index contributed by atoms with van der Waals surface area (Å²) in [7, 11) is 0. The second-order valence-electron chi connectivity index (χ2n) is 7.17. The molecule has 2 heteroatoms. The Labute approximate surface area is 118 Å². The minimum atomic E-state index is -0.562. The van der Waals surface area contributed by atoms with Gasteiger partial charge in [0.1, 0.15) is 0 Å². The molecule has 0 heterocycles. The molecule has 2 rings (SSSR count). The van der Waals surface area contributed by atoms with Crippen LogP contribution in [0, 0.1) is 17.8 Å². The summed E-state index contributed by atoms with van der Waals surface area (Å²) in [6.07, 6.45) is 6.55. The molecule has 0 aromatic heterocycles. The summed E-state index contributed by atoms with van der Waals surface area (Å²) in [5.41, 5.74) is 0.862. The van der Waals surface area contributed by atoms with Gasteiger partial charge in [0.15, 0.2) is 0 Å². The largest absolute Gasteiger partial charge is 0.390 e. The molecule has 0 aromatic rings. The molecule has 19 heavy (non-hydrogen) atoms. The molecular formula is C17H30O2. The Balaban J connectivity index is 2.36. The molecule has 0 aliphatic heterocycles.